The van der Waals surface area contributed by atoms with Gasteiger partial charge in [0.2, 0.25) is 0 Å². The molecule has 0 saturated heterocycles. The van der Waals surface area contributed by atoms with Crippen LogP contribution >= 0.6 is 0 Å². The van der Waals surface area contributed by atoms with Crippen LogP contribution in [0.1, 0.15) is 42.9 Å². The molecule has 0 amide bonds. The Morgan fingerprint density at radius 1 is 1.42 bits per heavy atom. The van der Waals surface area contributed by atoms with Crippen LogP contribution in [0, 0.1) is 5.82 Å². The van der Waals surface area contributed by atoms with Crippen LogP contribution in [0.2, 0.25) is 0 Å². The summed E-state index contributed by atoms with van der Waals surface area (Å²) < 4.78 is 15.6. The van der Waals surface area contributed by atoms with E-state index in [0.29, 0.717) is 6.04 Å². The Bertz CT molecular complexity index is 589. The minimum atomic E-state index is -0.193. The van der Waals surface area contributed by atoms with Gasteiger partial charge in [-0.1, -0.05) is 12.1 Å². The molecule has 3 rings (SSSR count). The molecule has 1 atom stereocenters. The first kappa shape index (κ1) is 12.4. The van der Waals surface area contributed by atoms with Crippen molar-refractivity contribution in [3.63, 3.8) is 0 Å². The summed E-state index contributed by atoms with van der Waals surface area (Å²) in [4.78, 5) is 4.51. The van der Waals surface area contributed by atoms with Crippen LogP contribution in [0.3, 0.4) is 0 Å². The fraction of sp³-hybridized carbons (Fsp3) is 0.400. The Kier molecular flexibility index (Phi) is 3.11. The number of nitrogens with one attached hydrogen (secondary N) is 1. The van der Waals surface area contributed by atoms with Crippen molar-refractivity contribution in [2.24, 2.45) is 0 Å². The van der Waals surface area contributed by atoms with Crippen molar-refractivity contribution >= 4 is 0 Å². The number of aromatic nitrogens is 2. The van der Waals surface area contributed by atoms with E-state index in [-0.39, 0.29) is 11.9 Å². The molecule has 2 aromatic rings. The normalized spacial score (nSPS) is 18.6. The highest BCUT2D eigenvalue weighted by molar-refractivity contribution is 5.33. The Morgan fingerprint density at radius 3 is 3.00 bits per heavy atom. The smallest absolute Gasteiger partial charge is 0.123 e. The van der Waals surface area contributed by atoms with Crippen LogP contribution in [0.15, 0.2) is 30.6 Å². The van der Waals surface area contributed by atoms with Crippen LogP contribution in [0.25, 0.3) is 0 Å². The average molecular weight is 259 g/mol. The van der Waals surface area contributed by atoms with E-state index in [2.05, 4.69) is 28.7 Å². The van der Waals surface area contributed by atoms with Gasteiger partial charge in [-0.25, -0.2) is 9.37 Å². The predicted molar refractivity (Wildman–Crippen MR) is 72.6 cm³/mol. The topological polar surface area (TPSA) is 29.9 Å². The van der Waals surface area contributed by atoms with Crippen molar-refractivity contribution in [3.8, 4) is 0 Å². The zero-order chi connectivity index (χ0) is 13.4. The van der Waals surface area contributed by atoms with Crippen LogP contribution in [-0.2, 0) is 6.42 Å². The van der Waals surface area contributed by atoms with Crippen molar-refractivity contribution < 1.29 is 4.39 Å². The SMILES string of the molecule is CC(C)n1cnc2c1C(c1cccc(F)c1)NCC2. The predicted octanol–water partition coefficient (Wildman–Crippen LogP) is 2.84. The molecule has 0 radical (unpaired) electrons. The zero-order valence-corrected chi connectivity index (χ0v) is 11.2. The molecule has 0 spiro atoms. The number of halogens is 1. The standard InChI is InChI=1S/C15H18FN3/c1-10(2)19-9-18-13-6-7-17-14(15(13)19)11-4-3-5-12(16)8-11/h3-5,8-10,14,17H,6-7H2,1-2H3. The van der Waals surface area contributed by atoms with Crippen molar-refractivity contribution in [2.75, 3.05) is 6.54 Å². The van der Waals surface area contributed by atoms with E-state index in [1.165, 1.54) is 11.8 Å². The molecular formula is C15H18FN3. The van der Waals surface area contributed by atoms with Crippen molar-refractivity contribution in [1.29, 1.82) is 0 Å². The summed E-state index contributed by atoms with van der Waals surface area (Å²) in [6.07, 6.45) is 2.83. The summed E-state index contributed by atoms with van der Waals surface area (Å²) in [7, 11) is 0. The Labute approximate surface area is 112 Å². The molecule has 19 heavy (non-hydrogen) atoms. The lowest BCUT2D eigenvalue weighted by molar-refractivity contribution is 0.489. The van der Waals surface area contributed by atoms with Gasteiger partial charge in [0.15, 0.2) is 0 Å². The monoisotopic (exact) mass is 259 g/mol. The second-order valence-electron chi connectivity index (χ2n) is 5.27. The third-order valence-electron chi connectivity index (χ3n) is 3.63. The number of hydrogen-bond donors (Lipinski definition) is 1. The molecule has 4 heteroatoms. The Morgan fingerprint density at radius 2 is 2.26 bits per heavy atom. The van der Waals surface area contributed by atoms with E-state index in [0.717, 1.165) is 24.2 Å². The molecule has 3 nitrogen and oxygen atoms in total. The summed E-state index contributed by atoms with van der Waals surface area (Å²) in [5.74, 6) is -0.193. The Hall–Kier alpha value is -1.68. The van der Waals surface area contributed by atoms with E-state index in [4.69, 9.17) is 0 Å². The lowest BCUT2D eigenvalue weighted by Crippen LogP contribution is -2.32. The lowest BCUT2D eigenvalue weighted by Gasteiger charge is -2.27. The average Bonchev–Trinajstić information content (AvgIpc) is 2.82. The third kappa shape index (κ3) is 2.16. The van der Waals surface area contributed by atoms with Gasteiger partial charge in [-0.05, 0) is 31.5 Å². The van der Waals surface area contributed by atoms with E-state index >= 15 is 0 Å². The maximum absolute atomic E-state index is 13.4. The second-order valence-corrected chi connectivity index (χ2v) is 5.27. The molecule has 1 N–H and O–H groups in total. The zero-order valence-electron chi connectivity index (χ0n) is 11.2. The molecule has 0 bridgehead atoms. The lowest BCUT2D eigenvalue weighted by atomic mass is 9.97. The van der Waals surface area contributed by atoms with Crippen LogP contribution < -0.4 is 5.32 Å². The molecule has 2 heterocycles. The summed E-state index contributed by atoms with van der Waals surface area (Å²) in [6.45, 7) is 5.15. The first-order valence-corrected chi connectivity index (χ1v) is 6.71. The number of hydrogen-bond acceptors (Lipinski definition) is 2. The highest BCUT2D eigenvalue weighted by Crippen LogP contribution is 2.30. The second kappa shape index (κ2) is 4.78. The highest BCUT2D eigenvalue weighted by Gasteiger charge is 2.27. The van der Waals surface area contributed by atoms with Crippen molar-refractivity contribution in [3.05, 3.63) is 53.4 Å². The quantitative estimate of drug-likeness (QED) is 0.898. The molecule has 1 aliphatic heterocycles. The van der Waals surface area contributed by atoms with Gasteiger partial charge in [0.25, 0.3) is 0 Å². The fourth-order valence-electron chi connectivity index (χ4n) is 2.72. The van der Waals surface area contributed by atoms with Crippen LogP contribution in [-0.4, -0.2) is 16.1 Å². The first-order valence-electron chi connectivity index (χ1n) is 6.71. The van der Waals surface area contributed by atoms with Crippen molar-refractivity contribution in [2.45, 2.75) is 32.4 Å². The number of fused-ring (bicyclic) bond motifs is 1. The van der Waals surface area contributed by atoms with Gasteiger partial charge in [0, 0.05) is 19.0 Å². The molecule has 0 saturated carbocycles. The van der Waals surface area contributed by atoms with E-state index < -0.39 is 0 Å². The molecule has 1 unspecified atom stereocenters. The molecule has 1 aromatic carbocycles. The minimum Gasteiger partial charge on any atom is -0.330 e. The fourth-order valence-corrected chi connectivity index (χ4v) is 2.72. The molecular weight excluding hydrogens is 241 g/mol. The Balaban J connectivity index is 2.09. The first-order chi connectivity index (χ1) is 9.16. The van der Waals surface area contributed by atoms with Crippen LogP contribution in [0.5, 0.6) is 0 Å². The summed E-state index contributed by atoms with van der Waals surface area (Å²) in [5.41, 5.74) is 3.26. The van der Waals surface area contributed by atoms with Gasteiger partial charge in [0.05, 0.1) is 23.8 Å². The summed E-state index contributed by atoms with van der Waals surface area (Å²) in [5, 5.41) is 3.47. The van der Waals surface area contributed by atoms with E-state index in [9.17, 15) is 4.39 Å². The summed E-state index contributed by atoms with van der Waals surface area (Å²) >= 11 is 0. The van der Waals surface area contributed by atoms with Gasteiger partial charge in [0.1, 0.15) is 5.82 Å². The molecule has 0 aliphatic carbocycles. The van der Waals surface area contributed by atoms with Crippen LogP contribution in [0.4, 0.5) is 4.39 Å². The third-order valence-corrected chi connectivity index (χ3v) is 3.63. The minimum absolute atomic E-state index is 0.0318. The number of rotatable bonds is 2. The maximum Gasteiger partial charge on any atom is 0.123 e. The number of nitrogens with zero attached hydrogens (tertiary/aromatic N) is 2. The van der Waals surface area contributed by atoms with Gasteiger partial charge in [-0.15, -0.1) is 0 Å². The molecule has 100 valence electrons. The molecule has 1 aromatic heterocycles. The van der Waals surface area contributed by atoms with E-state index in [1.807, 2.05) is 12.4 Å². The molecule has 1 aliphatic rings. The van der Waals surface area contributed by atoms with Gasteiger partial charge in [-0.2, -0.15) is 0 Å². The number of benzene rings is 1. The van der Waals surface area contributed by atoms with Gasteiger partial charge >= 0.3 is 0 Å². The van der Waals surface area contributed by atoms with E-state index in [1.54, 1.807) is 12.1 Å². The number of imidazole rings is 1. The summed E-state index contributed by atoms with van der Waals surface area (Å²) in [6, 6.07) is 7.19. The van der Waals surface area contributed by atoms with Gasteiger partial charge < -0.3 is 9.88 Å². The van der Waals surface area contributed by atoms with Gasteiger partial charge in [-0.3, -0.25) is 0 Å². The maximum atomic E-state index is 13.4. The highest BCUT2D eigenvalue weighted by atomic mass is 19.1. The molecule has 0 fully saturated rings. The largest absolute Gasteiger partial charge is 0.330 e. The van der Waals surface area contributed by atoms with Crippen molar-refractivity contribution in [1.82, 2.24) is 14.9 Å².